The molecule has 25 heavy (non-hydrogen) atoms. The summed E-state index contributed by atoms with van der Waals surface area (Å²) >= 11 is 1.64. The zero-order valence-corrected chi connectivity index (χ0v) is 15.5. The second kappa shape index (κ2) is 7.74. The number of rotatable bonds is 4. The first-order valence-electron chi connectivity index (χ1n) is 8.38. The highest BCUT2D eigenvalue weighted by Crippen LogP contribution is 2.30. The molecule has 0 aromatic heterocycles. The normalized spacial score (nSPS) is 18.6. The molecule has 1 amide bonds. The van der Waals surface area contributed by atoms with Gasteiger partial charge in [0.15, 0.2) is 5.17 Å². The summed E-state index contributed by atoms with van der Waals surface area (Å²) in [4.78, 5) is 19.6. The molecule has 130 valence electrons. The third-order valence-corrected chi connectivity index (χ3v) is 5.36. The molecule has 0 spiro atoms. The Bertz CT molecular complexity index is 769. The van der Waals surface area contributed by atoms with E-state index in [0.717, 1.165) is 34.3 Å². The number of carbonyl (C=O) groups excluding carboxylic acids is 1. The van der Waals surface area contributed by atoms with E-state index in [1.54, 1.807) is 18.9 Å². The van der Waals surface area contributed by atoms with Crippen LogP contribution in [0.5, 0.6) is 5.75 Å². The Kier molecular flexibility index (Phi) is 5.43. The zero-order valence-electron chi connectivity index (χ0n) is 14.7. The number of aliphatic imine (C=N–C) groups is 1. The molecule has 3 rings (SSSR count). The van der Waals surface area contributed by atoms with Gasteiger partial charge in [0.25, 0.3) is 5.91 Å². The van der Waals surface area contributed by atoms with Crippen LogP contribution in [0, 0.1) is 6.92 Å². The van der Waals surface area contributed by atoms with Crippen molar-refractivity contribution in [3.63, 3.8) is 0 Å². The molecule has 2 aromatic rings. The zero-order chi connectivity index (χ0) is 17.8. The van der Waals surface area contributed by atoms with Gasteiger partial charge in [-0.25, -0.2) is 4.99 Å². The van der Waals surface area contributed by atoms with E-state index in [1.807, 2.05) is 60.4 Å². The Morgan fingerprint density at radius 1 is 1.20 bits per heavy atom. The minimum absolute atomic E-state index is 0.0177. The van der Waals surface area contributed by atoms with Crippen molar-refractivity contribution in [2.45, 2.75) is 26.3 Å². The van der Waals surface area contributed by atoms with Crippen LogP contribution in [0.3, 0.4) is 0 Å². The second-order valence-corrected chi connectivity index (χ2v) is 6.99. The molecule has 2 aromatic carbocycles. The minimum Gasteiger partial charge on any atom is -0.497 e. The molecule has 1 atom stereocenters. The van der Waals surface area contributed by atoms with Crippen molar-refractivity contribution in [3.05, 3.63) is 59.7 Å². The molecule has 0 N–H and O–H groups in total. The first-order valence-corrected chi connectivity index (χ1v) is 9.36. The summed E-state index contributed by atoms with van der Waals surface area (Å²) in [5.74, 6) is 1.69. The smallest absolute Gasteiger partial charge is 0.260 e. The van der Waals surface area contributed by atoms with Gasteiger partial charge in [0.05, 0.1) is 12.8 Å². The van der Waals surface area contributed by atoms with Crippen molar-refractivity contribution < 1.29 is 9.53 Å². The number of carbonyl (C=O) groups is 1. The van der Waals surface area contributed by atoms with Crippen LogP contribution in [0.1, 0.15) is 29.3 Å². The number of thioether (sulfide) groups is 1. The van der Waals surface area contributed by atoms with Gasteiger partial charge in [-0.1, -0.05) is 36.4 Å². The number of hydrogen-bond donors (Lipinski definition) is 0. The van der Waals surface area contributed by atoms with Gasteiger partial charge >= 0.3 is 0 Å². The summed E-state index contributed by atoms with van der Waals surface area (Å²) in [6.07, 6.45) is 0.909. The monoisotopic (exact) mass is 354 g/mol. The number of ether oxygens (including phenoxy) is 1. The van der Waals surface area contributed by atoms with Crippen molar-refractivity contribution in [2.24, 2.45) is 4.99 Å². The molecule has 1 aliphatic rings. The van der Waals surface area contributed by atoms with E-state index >= 15 is 0 Å². The molecule has 4 nitrogen and oxygen atoms in total. The molecule has 1 fully saturated rings. The Balaban J connectivity index is 1.90. The molecule has 1 heterocycles. The average Bonchev–Trinajstić information content (AvgIpc) is 3.05. The predicted octanol–water partition coefficient (Wildman–Crippen LogP) is 4.66. The van der Waals surface area contributed by atoms with Gasteiger partial charge in [0, 0.05) is 17.4 Å². The highest BCUT2D eigenvalue weighted by atomic mass is 32.2. The fourth-order valence-corrected chi connectivity index (χ4v) is 3.98. The molecule has 0 saturated carbocycles. The fraction of sp³-hybridized carbons (Fsp3) is 0.300. The van der Waals surface area contributed by atoms with E-state index in [-0.39, 0.29) is 11.9 Å². The molecular weight excluding hydrogens is 332 g/mol. The van der Waals surface area contributed by atoms with Gasteiger partial charge in [0.1, 0.15) is 5.75 Å². The lowest BCUT2D eigenvalue weighted by Crippen LogP contribution is -2.39. The van der Waals surface area contributed by atoms with Crippen LogP contribution in [-0.4, -0.2) is 34.9 Å². The molecular formula is C20H22N2O2S. The maximum absolute atomic E-state index is 13.0. The van der Waals surface area contributed by atoms with Gasteiger partial charge in [-0.3, -0.25) is 9.69 Å². The Labute approximate surface area is 152 Å². The van der Waals surface area contributed by atoms with E-state index in [1.165, 1.54) is 0 Å². The Morgan fingerprint density at radius 3 is 2.48 bits per heavy atom. The van der Waals surface area contributed by atoms with Gasteiger partial charge in [-0.05, 0) is 49.7 Å². The summed E-state index contributed by atoms with van der Waals surface area (Å²) in [5.41, 5.74) is 2.67. The fourth-order valence-electron chi connectivity index (χ4n) is 2.71. The topological polar surface area (TPSA) is 41.9 Å². The number of hydrogen-bond acceptors (Lipinski definition) is 4. The summed E-state index contributed by atoms with van der Waals surface area (Å²) in [5, 5.41) is 0.766. The SMILES string of the molecule is CC[C@@H]1CSC(=Nc2ccc(OC)cc2)N1C(=O)c1ccc(C)cc1. The molecule has 5 heteroatoms. The van der Waals surface area contributed by atoms with Crippen molar-refractivity contribution in [2.75, 3.05) is 12.9 Å². The molecule has 1 aliphatic heterocycles. The van der Waals surface area contributed by atoms with Crippen molar-refractivity contribution in [3.8, 4) is 5.75 Å². The number of amidine groups is 1. The van der Waals surface area contributed by atoms with Crippen LogP contribution in [0.4, 0.5) is 5.69 Å². The third kappa shape index (κ3) is 3.87. The van der Waals surface area contributed by atoms with Crippen LogP contribution in [0.15, 0.2) is 53.5 Å². The first-order chi connectivity index (χ1) is 12.1. The third-order valence-electron chi connectivity index (χ3n) is 4.26. The molecule has 1 saturated heterocycles. The maximum atomic E-state index is 13.0. The summed E-state index contributed by atoms with van der Waals surface area (Å²) in [6.45, 7) is 4.13. The van der Waals surface area contributed by atoms with Gasteiger partial charge in [-0.2, -0.15) is 0 Å². The lowest BCUT2D eigenvalue weighted by molar-refractivity contribution is 0.0819. The van der Waals surface area contributed by atoms with Crippen LogP contribution < -0.4 is 4.74 Å². The minimum atomic E-state index is 0.0177. The predicted molar refractivity (Wildman–Crippen MR) is 104 cm³/mol. The maximum Gasteiger partial charge on any atom is 0.260 e. The highest BCUT2D eigenvalue weighted by Gasteiger charge is 2.34. The first kappa shape index (κ1) is 17.5. The summed E-state index contributed by atoms with van der Waals surface area (Å²) in [6, 6.07) is 15.5. The molecule has 0 aliphatic carbocycles. The van der Waals surface area contributed by atoms with Crippen molar-refractivity contribution >= 4 is 28.5 Å². The number of methoxy groups -OCH3 is 1. The quantitative estimate of drug-likeness (QED) is 0.802. The van der Waals surface area contributed by atoms with Gasteiger partial charge in [-0.15, -0.1) is 0 Å². The van der Waals surface area contributed by atoms with E-state index in [0.29, 0.717) is 5.56 Å². The number of benzene rings is 2. The average molecular weight is 354 g/mol. The van der Waals surface area contributed by atoms with Gasteiger partial charge in [0.2, 0.25) is 0 Å². The van der Waals surface area contributed by atoms with Gasteiger partial charge < -0.3 is 4.74 Å². The van der Waals surface area contributed by atoms with Crippen LogP contribution in [0.25, 0.3) is 0 Å². The van der Waals surface area contributed by atoms with Crippen LogP contribution in [-0.2, 0) is 0 Å². The lowest BCUT2D eigenvalue weighted by atomic mass is 10.1. The highest BCUT2D eigenvalue weighted by molar-refractivity contribution is 8.14. The van der Waals surface area contributed by atoms with E-state index in [2.05, 4.69) is 6.92 Å². The molecule has 0 unspecified atom stereocenters. The largest absolute Gasteiger partial charge is 0.497 e. The van der Waals surface area contributed by atoms with E-state index < -0.39 is 0 Å². The second-order valence-electron chi connectivity index (χ2n) is 6.01. The van der Waals surface area contributed by atoms with Crippen LogP contribution >= 0.6 is 11.8 Å². The van der Waals surface area contributed by atoms with E-state index in [4.69, 9.17) is 9.73 Å². The van der Waals surface area contributed by atoms with Crippen LogP contribution in [0.2, 0.25) is 0 Å². The summed E-state index contributed by atoms with van der Waals surface area (Å²) in [7, 11) is 1.64. The lowest BCUT2D eigenvalue weighted by Gasteiger charge is -2.23. The Hall–Kier alpha value is -2.27. The summed E-state index contributed by atoms with van der Waals surface area (Å²) < 4.78 is 5.18. The molecule has 0 bridgehead atoms. The van der Waals surface area contributed by atoms with Crippen molar-refractivity contribution in [1.29, 1.82) is 0 Å². The van der Waals surface area contributed by atoms with E-state index in [9.17, 15) is 4.79 Å². The number of aryl methyl sites for hydroxylation is 1. The number of nitrogens with zero attached hydrogens (tertiary/aromatic N) is 2. The molecule has 0 radical (unpaired) electrons. The Morgan fingerprint density at radius 2 is 1.88 bits per heavy atom. The standard InChI is InChI=1S/C20H22N2O2S/c1-4-17-13-25-20(21-16-9-11-18(24-3)12-10-16)22(17)19(23)15-7-5-14(2)6-8-15/h5-12,17H,4,13H2,1-3H3/t17-/m1/s1. The van der Waals surface area contributed by atoms with Crippen molar-refractivity contribution in [1.82, 2.24) is 4.90 Å². The number of amides is 1.